The van der Waals surface area contributed by atoms with Crippen LogP contribution < -0.4 is 10.6 Å². The Morgan fingerprint density at radius 3 is 2.68 bits per heavy atom. The molecule has 162 valence electrons. The van der Waals surface area contributed by atoms with Gasteiger partial charge in [0.25, 0.3) is 0 Å². The van der Waals surface area contributed by atoms with Gasteiger partial charge in [-0.15, -0.1) is 10.2 Å². The van der Waals surface area contributed by atoms with Gasteiger partial charge in [0.15, 0.2) is 4.34 Å². The zero-order valence-corrected chi connectivity index (χ0v) is 19.0. The van der Waals surface area contributed by atoms with E-state index in [1.807, 2.05) is 25.1 Å². The van der Waals surface area contributed by atoms with Gasteiger partial charge in [-0.1, -0.05) is 77.7 Å². The maximum absolute atomic E-state index is 12.4. The van der Waals surface area contributed by atoms with Gasteiger partial charge < -0.3 is 15.4 Å². The molecular formula is C23H26N4O2S2. The lowest BCUT2D eigenvalue weighted by atomic mass is 10.0. The summed E-state index contributed by atoms with van der Waals surface area (Å²) in [6, 6.07) is 18.5. The van der Waals surface area contributed by atoms with E-state index in [1.165, 1.54) is 34.2 Å². The second-order valence-electron chi connectivity index (χ2n) is 7.45. The van der Waals surface area contributed by atoms with Crippen molar-refractivity contribution in [1.29, 1.82) is 0 Å². The summed E-state index contributed by atoms with van der Waals surface area (Å²) in [6.45, 7) is 3.59. The third kappa shape index (κ3) is 6.29. The zero-order chi connectivity index (χ0) is 21.5. The van der Waals surface area contributed by atoms with Crippen molar-refractivity contribution >= 4 is 34.1 Å². The lowest BCUT2D eigenvalue weighted by Crippen LogP contribution is -2.28. The molecule has 0 aliphatic carbocycles. The van der Waals surface area contributed by atoms with Crippen molar-refractivity contribution in [2.45, 2.75) is 36.3 Å². The summed E-state index contributed by atoms with van der Waals surface area (Å²) >= 11 is 2.87. The molecule has 2 atom stereocenters. The minimum atomic E-state index is -0.0593. The first-order valence-corrected chi connectivity index (χ1v) is 12.2. The summed E-state index contributed by atoms with van der Waals surface area (Å²) < 4.78 is 6.38. The molecule has 1 aliphatic rings. The molecule has 4 rings (SSSR count). The van der Waals surface area contributed by atoms with Crippen molar-refractivity contribution in [3.8, 4) is 11.1 Å². The fraction of sp³-hybridized carbons (Fsp3) is 0.348. The fourth-order valence-corrected chi connectivity index (χ4v) is 5.00. The maximum atomic E-state index is 12.4. The lowest BCUT2D eigenvalue weighted by Gasteiger charge is -2.14. The Hall–Kier alpha value is -2.42. The van der Waals surface area contributed by atoms with E-state index in [1.54, 1.807) is 0 Å². The topological polar surface area (TPSA) is 76.1 Å². The quantitative estimate of drug-likeness (QED) is 0.454. The second-order valence-corrected chi connectivity index (χ2v) is 9.65. The van der Waals surface area contributed by atoms with Crippen LogP contribution in [0.3, 0.4) is 0 Å². The highest BCUT2D eigenvalue weighted by Crippen LogP contribution is 2.26. The molecule has 6 nitrogen and oxygen atoms in total. The first-order chi connectivity index (χ1) is 15.2. The molecule has 0 saturated carbocycles. The molecule has 2 aromatic carbocycles. The van der Waals surface area contributed by atoms with Crippen LogP contribution in [0.4, 0.5) is 5.13 Å². The Labute approximate surface area is 190 Å². The van der Waals surface area contributed by atoms with Gasteiger partial charge in [-0.3, -0.25) is 4.79 Å². The summed E-state index contributed by atoms with van der Waals surface area (Å²) in [4.78, 5) is 12.4. The van der Waals surface area contributed by atoms with Gasteiger partial charge >= 0.3 is 0 Å². The third-order valence-corrected chi connectivity index (χ3v) is 7.15. The van der Waals surface area contributed by atoms with E-state index in [9.17, 15) is 4.79 Å². The molecule has 2 N–H and O–H groups in total. The van der Waals surface area contributed by atoms with Gasteiger partial charge in [-0.25, -0.2) is 0 Å². The summed E-state index contributed by atoms with van der Waals surface area (Å²) in [7, 11) is 0. The van der Waals surface area contributed by atoms with Crippen LogP contribution >= 0.6 is 23.1 Å². The highest BCUT2D eigenvalue weighted by molar-refractivity contribution is 8.01. The van der Waals surface area contributed by atoms with E-state index < -0.39 is 0 Å². The lowest BCUT2D eigenvalue weighted by molar-refractivity contribution is -0.119. The number of hydrogen-bond donors (Lipinski definition) is 2. The highest BCUT2D eigenvalue weighted by Gasteiger charge is 2.16. The van der Waals surface area contributed by atoms with Crippen LogP contribution in [0.5, 0.6) is 0 Å². The van der Waals surface area contributed by atoms with Crippen molar-refractivity contribution in [3.63, 3.8) is 0 Å². The number of carbonyl (C=O) groups excluding carboxylic acids is 1. The van der Waals surface area contributed by atoms with Crippen LogP contribution in [0.25, 0.3) is 11.1 Å². The Morgan fingerprint density at radius 1 is 1.16 bits per heavy atom. The predicted octanol–water partition coefficient (Wildman–Crippen LogP) is 4.77. The first-order valence-electron chi connectivity index (χ1n) is 10.4. The van der Waals surface area contributed by atoms with Gasteiger partial charge in [-0.05, 0) is 36.5 Å². The number of nitrogens with one attached hydrogen (secondary N) is 2. The molecule has 3 aromatic rings. The second kappa shape index (κ2) is 10.7. The first kappa shape index (κ1) is 21.8. The predicted molar refractivity (Wildman–Crippen MR) is 127 cm³/mol. The van der Waals surface area contributed by atoms with Gasteiger partial charge in [-0.2, -0.15) is 0 Å². The van der Waals surface area contributed by atoms with Crippen LogP contribution in [0.1, 0.15) is 31.4 Å². The SMILES string of the molecule is C[C@@H](NC(=O)CSc1nnc(NC[C@H]2CCCO2)s1)c1ccc(-c2ccccc2)cc1. The molecule has 1 aromatic heterocycles. The largest absolute Gasteiger partial charge is 0.376 e. The number of aromatic nitrogens is 2. The Kier molecular flexibility index (Phi) is 7.56. The molecule has 0 radical (unpaired) electrons. The molecule has 1 saturated heterocycles. The number of hydrogen-bond acceptors (Lipinski definition) is 7. The number of carbonyl (C=O) groups is 1. The minimum absolute atomic E-state index is 0.0197. The van der Waals surface area contributed by atoms with E-state index in [2.05, 4.69) is 57.2 Å². The van der Waals surface area contributed by atoms with Crippen LogP contribution in [-0.4, -0.2) is 41.1 Å². The van der Waals surface area contributed by atoms with Crippen LogP contribution in [-0.2, 0) is 9.53 Å². The van der Waals surface area contributed by atoms with Crippen LogP contribution in [0.15, 0.2) is 58.9 Å². The van der Waals surface area contributed by atoms with Gasteiger partial charge in [0.05, 0.1) is 17.9 Å². The maximum Gasteiger partial charge on any atom is 0.230 e. The molecule has 1 amide bonds. The Morgan fingerprint density at radius 2 is 1.94 bits per heavy atom. The number of nitrogens with zero attached hydrogens (tertiary/aromatic N) is 2. The Balaban J connectivity index is 1.22. The third-order valence-electron chi connectivity index (χ3n) is 5.13. The van der Waals surface area contributed by atoms with Gasteiger partial charge in [0.2, 0.25) is 11.0 Å². The molecule has 0 spiro atoms. The summed E-state index contributed by atoms with van der Waals surface area (Å²) in [6.07, 6.45) is 2.46. The zero-order valence-electron chi connectivity index (χ0n) is 17.4. The molecule has 2 heterocycles. The van der Waals surface area contributed by atoms with E-state index in [0.29, 0.717) is 5.75 Å². The number of ether oxygens (including phenoxy) is 1. The molecule has 1 aliphatic heterocycles. The van der Waals surface area contributed by atoms with E-state index in [4.69, 9.17) is 4.74 Å². The van der Waals surface area contributed by atoms with Crippen LogP contribution in [0.2, 0.25) is 0 Å². The molecule has 1 fully saturated rings. The van der Waals surface area contributed by atoms with Crippen molar-refractivity contribution in [1.82, 2.24) is 15.5 Å². The molecule has 0 bridgehead atoms. The van der Waals surface area contributed by atoms with E-state index >= 15 is 0 Å². The minimum Gasteiger partial charge on any atom is -0.376 e. The Bertz CT molecular complexity index is 973. The van der Waals surface area contributed by atoms with E-state index in [-0.39, 0.29) is 18.1 Å². The summed E-state index contributed by atoms with van der Waals surface area (Å²) in [5.74, 6) is 0.293. The molecule has 31 heavy (non-hydrogen) atoms. The summed E-state index contributed by atoms with van der Waals surface area (Å²) in [5.41, 5.74) is 3.43. The number of benzene rings is 2. The van der Waals surface area contributed by atoms with Gasteiger partial charge in [0, 0.05) is 13.2 Å². The highest BCUT2D eigenvalue weighted by atomic mass is 32.2. The number of anilines is 1. The average Bonchev–Trinajstić information content (AvgIpc) is 3.49. The number of rotatable bonds is 9. The average molecular weight is 455 g/mol. The smallest absolute Gasteiger partial charge is 0.230 e. The standard InChI is InChI=1S/C23H26N4O2S2/c1-16(17-9-11-19(12-10-17)18-6-3-2-4-7-18)25-21(28)15-30-23-27-26-22(31-23)24-14-20-8-5-13-29-20/h2-4,6-7,9-12,16,20H,5,8,13-15H2,1H3,(H,24,26)(H,25,28)/t16-,20-/m1/s1. The molecule has 8 heteroatoms. The van der Waals surface area contributed by atoms with Crippen LogP contribution in [0, 0.1) is 0 Å². The fourth-order valence-electron chi connectivity index (χ4n) is 3.43. The van der Waals surface area contributed by atoms with E-state index in [0.717, 1.165) is 41.0 Å². The van der Waals surface area contributed by atoms with Gasteiger partial charge in [0.1, 0.15) is 0 Å². The molecular weight excluding hydrogens is 428 g/mol. The summed E-state index contributed by atoms with van der Waals surface area (Å²) in [5, 5.41) is 15.4. The van der Waals surface area contributed by atoms with Crippen molar-refractivity contribution in [2.75, 3.05) is 24.2 Å². The van der Waals surface area contributed by atoms with Crippen molar-refractivity contribution < 1.29 is 9.53 Å². The van der Waals surface area contributed by atoms with Crippen molar-refractivity contribution in [2.24, 2.45) is 0 Å². The number of thioether (sulfide) groups is 1. The normalized spacial score (nSPS) is 16.7. The number of amides is 1. The van der Waals surface area contributed by atoms with Crippen molar-refractivity contribution in [3.05, 3.63) is 60.2 Å². The monoisotopic (exact) mass is 454 g/mol. The molecule has 0 unspecified atom stereocenters.